The lowest BCUT2D eigenvalue weighted by Crippen LogP contribution is -2.37. The Labute approximate surface area is 174 Å². The van der Waals surface area contributed by atoms with Crippen LogP contribution in [0.1, 0.15) is 50.5 Å². The van der Waals surface area contributed by atoms with E-state index in [2.05, 4.69) is 15.6 Å². The van der Waals surface area contributed by atoms with Crippen LogP contribution in [0.2, 0.25) is 0 Å². The first-order valence-corrected chi connectivity index (χ1v) is 10.6. The van der Waals surface area contributed by atoms with Crippen LogP contribution in [-0.2, 0) is 16.6 Å². The Balaban J connectivity index is 0.00000338. The van der Waals surface area contributed by atoms with E-state index in [-0.39, 0.29) is 28.9 Å². The Morgan fingerprint density at radius 1 is 1.23 bits per heavy atom. The van der Waals surface area contributed by atoms with E-state index in [1.165, 1.54) is 44.6 Å². The summed E-state index contributed by atoms with van der Waals surface area (Å²) in [6.07, 6.45) is 9.36. The molecule has 0 unspecified atom stereocenters. The fourth-order valence-corrected chi connectivity index (χ4v) is 3.90. The molecule has 0 aromatic heterocycles. The molecule has 1 saturated carbocycles. The van der Waals surface area contributed by atoms with Crippen LogP contribution in [0.5, 0.6) is 0 Å². The third kappa shape index (κ3) is 8.22. The number of rotatable bonds is 7. The number of sulfonamides is 1. The van der Waals surface area contributed by atoms with Gasteiger partial charge in [-0.15, -0.1) is 24.0 Å². The minimum atomic E-state index is -3.67. The minimum Gasteiger partial charge on any atom is -0.356 e. The molecule has 26 heavy (non-hydrogen) atoms. The molecule has 6 nitrogen and oxygen atoms in total. The standard InChI is InChI=1S/C18H30N4O2S.HI/c1-20-18(21-12-6-10-15-7-3-2-4-8-15)22-14-16-9-5-11-17(13-16)25(19,23)24;/h5,9,11,13,15H,2-4,6-8,10,12,14H2,1H3,(H2,19,23,24)(H2,20,21,22);1H. The fourth-order valence-electron chi connectivity index (χ4n) is 3.31. The zero-order valence-electron chi connectivity index (χ0n) is 15.4. The highest BCUT2D eigenvalue weighted by molar-refractivity contribution is 14.0. The number of guanidine groups is 1. The molecule has 0 radical (unpaired) electrons. The number of halogens is 1. The zero-order valence-corrected chi connectivity index (χ0v) is 18.6. The molecule has 0 bridgehead atoms. The van der Waals surface area contributed by atoms with Crippen LogP contribution in [0.15, 0.2) is 34.2 Å². The van der Waals surface area contributed by atoms with Crippen molar-refractivity contribution < 1.29 is 8.42 Å². The van der Waals surface area contributed by atoms with Crippen LogP contribution in [0.4, 0.5) is 0 Å². The molecule has 2 rings (SSSR count). The van der Waals surface area contributed by atoms with Gasteiger partial charge in [0.1, 0.15) is 0 Å². The van der Waals surface area contributed by atoms with Gasteiger partial charge in [0.15, 0.2) is 5.96 Å². The topological polar surface area (TPSA) is 96.6 Å². The maximum absolute atomic E-state index is 11.4. The molecule has 0 amide bonds. The van der Waals surface area contributed by atoms with Gasteiger partial charge in [-0.3, -0.25) is 4.99 Å². The molecule has 0 saturated heterocycles. The van der Waals surface area contributed by atoms with E-state index in [1.54, 1.807) is 19.2 Å². The van der Waals surface area contributed by atoms with E-state index in [0.29, 0.717) is 6.54 Å². The quantitative estimate of drug-likeness (QED) is 0.235. The van der Waals surface area contributed by atoms with Crippen molar-refractivity contribution in [2.24, 2.45) is 16.0 Å². The van der Waals surface area contributed by atoms with Crippen LogP contribution < -0.4 is 15.8 Å². The van der Waals surface area contributed by atoms with E-state index in [0.717, 1.165) is 30.4 Å². The summed E-state index contributed by atoms with van der Waals surface area (Å²) in [6, 6.07) is 6.63. The summed E-state index contributed by atoms with van der Waals surface area (Å²) in [5.41, 5.74) is 0.844. The van der Waals surface area contributed by atoms with Crippen LogP contribution in [0.3, 0.4) is 0 Å². The van der Waals surface area contributed by atoms with Gasteiger partial charge in [-0.1, -0.05) is 44.2 Å². The lowest BCUT2D eigenvalue weighted by molar-refractivity contribution is 0.332. The maximum atomic E-state index is 11.4. The highest BCUT2D eigenvalue weighted by Gasteiger charge is 2.12. The molecule has 1 aromatic rings. The predicted octanol–water partition coefficient (Wildman–Crippen LogP) is 2.98. The van der Waals surface area contributed by atoms with Crippen molar-refractivity contribution >= 4 is 40.0 Å². The molecule has 4 N–H and O–H groups in total. The SMILES string of the molecule is CN=C(NCCCC1CCCCC1)NCc1cccc(S(N)(=O)=O)c1.I. The molecule has 0 atom stereocenters. The summed E-state index contributed by atoms with van der Waals surface area (Å²) in [7, 11) is -1.94. The van der Waals surface area contributed by atoms with Crippen molar-refractivity contribution in [1.82, 2.24) is 10.6 Å². The lowest BCUT2D eigenvalue weighted by Gasteiger charge is -2.21. The van der Waals surface area contributed by atoms with Gasteiger partial charge in [0.2, 0.25) is 10.0 Å². The number of aliphatic imine (C=N–C) groups is 1. The molecule has 0 spiro atoms. The van der Waals surface area contributed by atoms with Gasteiger partial charge >= 0.3 is 0 Å². The van der Waals surface area contributed by atoms with E-state index < -0.39 is 10.0 Å². The maximum Gasteiger partial charge on any atom is 0.238 e. The van der Waals surface area contributed by atoms with Gasteiger partial charge in [-0.05, 0) is 36.5 Å². The summed E-state index contributed by atoms with van der Waals surface area (Å²) in [4.78, 5) is 4.34. The molecule has 1 fully saturated rings. The van der Waals surface area contributed by atoms with Crippen molar-refractivity contribution in [1.29, 1.82) is 0 Å². The number of benzene rings is 1. The monoisotopic (exact) mass is 494 g/mol. The Bertz CT molecular complexity index is 674. The summed E-state index contributed by atoms with van der Waals surface area (Å²) < 4.78 is 22.8. The molecular formula is C18H31IN4O2S. The Hall–Kier alpha value is -0.870. The number of primary sulfonamides is 1. The lowest BCUT2D eigenvalue weighted by atomic mass is 9.86. The molecule has 1 aromatic carbocycles. The average molecular weight is 494 g/mol. The van der Waals surface area contributed by atoms with Crippen LogP contribution in [-0.4, -0.2) is 28.0 Å². The molecule has 1 aliphatic rings. The molecular weight excluding hydrogens is 463 g/mol. The summed E-state index contributed by atoms with van der Waals surface area (Å²) in [6.45, 7) is 1.39. The number of nitrogens with two attached hydrogens (primary N) is 1. The Morgan fingerprint density at radius 3 is 2.62 bits per heavy atom. The van der Waals surface area contributed by atoms with Crippen LogP contribution in [0.25, 0.3) is 0 Å². The second-order valence-electron chi connectivity index (χ2n) is 6.69. The number of hydrogen-bond donors (Lipinski definition) is 3. The van der Waals surface area contributed by atoms with Gasteiger partial charge < -0.3 is 10.6 Å². The van der Waals surface area contributed by atoms with Crippen molar-refractivity contribution in [2.75, 3.05) is 13.6 Å². The van der Waals surface area contributed by atoms with Crippen LogP contribution >= 0.6 is 24.0 Å². The van der Waals surface area contributed by atoms with Gasteiger partial charge in [0, 0.05) is 20.1 Å². The molecule has 148 valence electrons. The highest BCUT2D eigenvalue weighted by atomic mass is 127. The smallest absolute Gasteiger partial charge is 0.238 e. The fraction of sp³-hybridized carbons (Fsp3) is 0.611. The molecule has 8 heteroatoms. The second-order valence-corrected chi connectivity index (χ2v) is 8.25. The summed E-state index contributed by atoms with van der Waals surface area (Å²) in [5, 5.41) is 11.7. The van der Waals surface area contributed by atoms with Gasteiger partial charge in [-0.25, -0.2) is 13.6 Å². The van der Waals surface area contributed by atoms with Crippen molar-refractivity contribution in [3.8, 4) is 0 Å². The Kier molecular flexibility index (Phi) is 10.5. The van der Waals surface area contributed by atoms with Gasteiger partial charge in [-0.2, -0.15) is 0 Å². The second kappa shape index (κ2) is 11.8. The largest absolute Gasteiger partial charge is 0.356 e. The van der Waals surface area contributed by atoms with Crippen molar-refractivity contribution in [3.63, 3.8) is 0 Å². The first kappa shape index (κ1) is 23.2. The number of hydrogen-bond acceptors (Lipinski definition) is 3. The molecule has 1 aliphatic carbocycles. The predicted molar refractivity (Wildman–Crippen MR) is 117 cm³/mol. The minimum absolute atomic E-state index is 0. The van der Waals surface area contributed by atoms with Crippen molar-refractivity contribution in [3.05, 3.63) is 29.8 Å². The Morgan fingerprint density at radius 2 is 1.96 bits per heavy atom. The van der Waals surface area contributed by atoms with Crippen molar-refractivity contribution in [2.45, 2.75) is 56.4 Å². The van der Waals surface area contributed by atoms with Crippen LogP contribution in [0, 0.1) is 5.92 Å². The van der Waals surface area contributed by atoms with E-state index >= 15 is 0 Å². The first-order valence-electron chi connectivity index (χ1n) is 9.05. The summed E-state index contributed by atoms with van der Waals surface area (Å²) in [5.74, 6) is 1.62. The molecule has 0 heterocycles. The van der Waals surface area contributed by atoms with Gasteiger partial charge in [0.05, 0.1) is 4.90 Å². The normalized spacial score (nSPS) is 16.0. The zero-order chi connectivity index (χ0) is 18.1. The van der Waals surface area contributed by atoms with E-state index in [1.807, 2.05) is 6.07 Å². The summed E-state index contributed by atoms with van der Waals surface area (Å²) >= 11 is 0. The average Bonchev–Trinajstić information content (AvgIpc) is 2.61. The third-order valence-electron chi connectivity index (χ3n) is 4.72. The van der Waals surface area contributed by atoms with E-state index in [9.17, 15) is 8.42 Å². The third-order valence-corrected chi connectivity index (χ3v) is 5.63. The number of nitrogens with one attached hydrogen (secondary N) is 2. The molecule has 0 aliphatic heterocycles. The van der Waals surface area contributed by atoms with Gasteiger partial charge in [0.25, 0.3) is 0 Å². The first-order chi connectivity index (χ1) is 12.0. The van der Waals surface area contributed by atoms with E-state index in [4.69, 9.17) is 5.14 Å². The highest BCUT2D eigenvalue weighted by Crippen LogP contribution is 2.26. The number of nitrogens with zero attached hydrogens (tertiary/aromatic N) is 1.